The summed E-state index contributed by atoms with van der Waals surface area (Å²) < 4.78 is 0. The fraction of sp³-hybridized carbons (Fsp3) is 0. The Balaban J connectivity index is 0.000000223. The molecular weight excluding hydrogens is 686 g/mol. The largest absolute Gasteiger partial charge is 0.872 e. The maximum Gasteiger partial charge on any atom is 0.339 e. The Morgan fingerprint density at radius 2 is 1.08 bits per heavy atom. The zero-order valence-corrected chi connectivity index (χ0v) is 26.5. The van der Waals surface area contributed by atoms with Gasteiger partial charge in [-0.3, -0.25) is 0 Å². The first kappa shape index (κ1) is 40.1. The van der Waals surface area contributed by atoms with Crippen molar-refractivity contribution in [3.8, 4) is 11.5 Å². The lowest BCUT2D eigenvalue weighted by molar-refractivity contribution is -0.352. The average molecular weight is 718 g/mol. The SMILES string of the molecule is Nc1nc[nH+]c2nc[nH]c12.Nc1ncnc2nc[nH]c12.Nc1ncnc2nc[nH]c12.O.O.O=C(O)c1ccccc1O.O=C(O)c1ccccc1[O-]. The number of hydrogen-bond donors (Lipinski definition) is 9. The molecule has 0 saturated carbocycles. The van der Waals surface area contributed by atoms with Gasteiger partial charge >= 0.3 is 11.9 Å². The molecule has 23 heteroatoms. The number of nitrogens with one attached hydrogen (secondary N) is 4. The number of nitrogens with two attached hydrogens (primary N) is 3. The lowest BCUT2D eigenvalue weighted by atomic mass is 10.2. The number of rotatable bonds is 2. The number of aromatic nitrogens is 12. The van der Waals surface area contributed by atoms with Crippen molar-refractivity contribution in [2.75, 3.05) is 17.2 Å². The number of carboxylic acid groups (broad SMARTS) is 2. The summed E-state index contributed by atoms with van der Waals surface area (Å²) in [5, 5.41) is 36.4. The molecule has 0 bridgehead atoms. The molecule has 8 rings (SSSR count). The van der Waals surface area contributed by atoms with Crippen LogP contribution in [0, 0.1) is 0 Å². The molecule has 6 heterocycles. The number of anilines is 3. The van der Waals surface area contributed by atoms with Gasteiger partial charge in [0.15, 0.2) is 34.8 Å². The van der Waals surface area contributed by atoms with Gasteiger partial charge in [0.05, 0.1) is 18.2 Å². The van der Waals surface area contributed by atoms with Crippen LogP contribution in [0.15, 0.2) is 86.5 Å². The molecule has 23 nitrogen and oxygen atoms in total. The number of nitrogens with zero attached hydrogens (tertiary/aromatic N) is 8. The minimum atomic E-state index is -1.18. The van der Waals surface area contributed by atoms with Gasteiger partial charge in [0.1, 0.15) is 35.0 Å². The first-order chi connectivity index (χ1) is 24.1. The van der Waals surface area contributed by atoms with E-state index in [2.05, 4.69) is 59.8 Å². The van der Waals surface area contributed by atoms with E-state index in [1.54, 1.807) is 18.5 Å². The third-order valence-electron chi connectivity index (χ3n) is 6.06. The van der Waals surface area contributed by atoms with Crippen LogP contribution in [0.5, 0.6) is 11.5 Å². The molecular formula is C29H31N15O8. The molecule has 2 aromatic carbocycles. The van der Waals surface area contributed by atoms with Crippen molar-refractivity contribution in [2.45, 2.75) is 0 Å². The predicted molar refractivity (Wildman–Crippen MR) is 182 cm³/mol. The molecule has 0 aliphatic carbocycles. The van der Waals surface area contributed by atoms with Gasteiger partial charge < -0.3 is 63.5 Å². The first-order valence-electron chi connectivity index (χ1n) is 13.8. The van der Waals surface area contributed by atoms with Crippen LogP contribution in [0.25, 0.3) is 33.5 Å². The van der Waals surface area contributed by atoms with E-state index in [9.17, 15) is 14.7 Å². The molecule has 0 radical (unpaired) electrons. The number of aromatic carboxylic acids is 2. The van der Waals surface area contributed by atoms with Crippen molar-refractivity contribution in [3.63, 3.8) is 0 Å². The Morgan fingerprint density at radius 1 is 0.615 bits per heavy atom. The van der Waals surface area contributed by atoms with Gasteiger partial charge in [0, 0.05) is 0 Å². The van der Waals surface area contributed by atoms with Crippen molar-refractivity contribution in [1.82, 2.24) is 54.8 Å². The molecule has 0 unspecified atom stereocenters. The molecule has 17 N–H and O–H groups in total. The van der Waals surface area contributed by atoms with Gasteiger partial charge in [-0.05, 0) is 18.2 Å². The Bertz CT molecular complexity index is 2120. The van der Waals surface area contributed by atoms with Gasteiger partial charge in [0.25, 0.3) is 5.65 Å². The van der Waals surface area contributed by atoms with Crippen LogP contribution in [-0.2, 0) is 0 Å². The Kier molecular flexibility index (Phi) is 14.7. The van der Waals surface area contributed by atoms with Crippen LogP contribution in [0.3, 0.4) is 0 Å². The third-order valence-corrected chi connectivity index (χ3v) is 6.06. The standard InChI is InChI=1S/2C7H6O3.3C5H5N5.2H2O/c2*8-6-4-2-1-3-5(6)7(9)10;3*6-4-3-5(9-1-7-3)10-2-8-4;;/h2*1-4,8H,(H,9,10);3*1-2H,(H3,6,7,8,9,10);2*1H2. The summed E-state index contributed by atoms with van der Waals surface area (Å²) in [4.78, 5) is 62.7. The molecule has 52 heavy (non-hydrogen) atoms. The smallest absolute Gasteiger partial charge is 0.339 e. The number of nitrogen functional groups attached to an aromatic ring is 3. The molecule has 0 amide bonds. The van der Waals surface area contributed by atoms with Crippen molar-refractivity contribution in [3.05, 3.63) is 97.6 Å². The monoisotopic (exact) mass is 717 g/mol. The number of hydrogen-bond acceptors (Lipinski definition) is 15. The summed E-state index contributed by atoms with van der Waals surface area (Å²) in [7, 11) is 0. The predicted octanol–water partition coefficient (Wildman–Crippen LogP) is -0.876. The lowest BCUT2D eigenvalue weighted by Crippen LogP contribution is -2.06. The summed E-state index contributed by atoms with van der Waals surface area (Å²) in [6, 6.07) is 11.3. The Hall–Kier alpha value is -8.05. The van der Waals surface area contributed by atoms with E-state index in [1.807, 2.05) is 0 Å². The van der Waals surface area contributed by atoms with Gasteiger partial charge in [0.2, 0.25) is 12.1 Å². The number of fused-ring (bicyclic) bond motifs is 3. The summed E-state index contributed by atoms with van der Waals surface area (Å²) in [6.45, 7) is 0. The highest BCUT2D eigenvalue weighted by Gasteiger charge is 2.07. The van der Waals surface area contributed by atoms with E-state index in [0.29, 0.717) is 39.8 Å². The molecule has 0 fully saturated rings. The van der Waals surface area contributed by atoms with Crippen molar-refractivity contribution in [1.29, 1.82) is 0 Å². The second-order valence-electron chi connectivity index (χ2n) is 9.26. The maximum absolute atomic E-state index is 10.7. The van der Waals surface area contributed by atoms with Crippen LogP contribution < -0.4 is 27.3 Å². The van der Waals surface area contributed by atoms with Crippen molar-refractivity contribution >= 4 is 62.9 Å². The fourth-order valence-electron chi connectivity index (χ4n) is 3.69. The third kappa shape index (κ3) is 10.5. The van der Waals surface area contributed by atoms with Gasteiger partial charge in [-0.15, -0.1) is 0 Å². The number of phenols is 1. The molecule has 8 aromatic rings. The van der Waals surface area contributed by atoms with Crippen LogP contribution in [0.2, 0.25) is 0 Å². The maximum atomic E-state index is 10.7. The molecule has 6 aromatic heterocycles. The molecule has 0 aliphatic rings. The summed E-state index contributed by atoms with van der Waals surface area (Å²) in [5.74, 6) is -1.61. The van der Waals surface area contributed by atoms with E-state index in [1.165, 1.54) is 68.0 Å². The molecule has 0 saturated heterocycles. The molecule has 0 aliphatic heterocycles. The number of carbonyl (C=O) groups is 2. The molecule has 0 spiro atoms. The van der Waals surface area contributed by atoms with Crippen LogP contribution in [0.1, 0.15) is 20.7 Å². The van der Waals surface area contributed by atoms with E-state index in [0.717, 1.165) is 11.2 Å². The van der Waals surface area contributed by atoms with E-state index < -0.39 is 17.7 Å². The highest BCUT2D eigenvalue weighted by molar-refractivity contribution is 5.91. The highest BCUT2D eigenvalue weighted by atomic mass is 16.4. The summed E-state index contributed by atoms with van der Waals surface area (Å²) in [5.41, 5.74) is 20.3. The fourth-order valence-corrected chi connectivity index (χ4v) is 3.69. The van der Waals surface area contributed by atoms with Crippen molar-refractivity contribution < 1.29 is 46.0 Å². The first-order valence-corrected chi connectivity index (χ1v) is 13.8. The zero-order chi connectivity index (χ0) is 36.0. The quantitative estimate of drug-likeness (QED) is 0.105. The van der Waals surface area contributed by atoms with Gasteiger partial charge in [-0.2, -0.15) is 0 Å². The minimum absolute atomic E-state index is 0. The Morgan fingerprint density at radius 3 is 1.52 bits per heavy atom. The minimum Gasteiger partial charge on any atom is -0.872 e. The van der Waals surface area contributed by atoms with Crippen LogP contribution in [0.4, 0.5) is 17.5 Å². The summed E-state index contributed by atoms with van der Waals surface area (Å²) in [6.07, 6.45) is 8.93. The lowest BCUT2D eigenvalue weighted by Gasteiger charge is -2.07. The molecule has 0 atom stereocenters. The number of carboxylic acids is 2. The number of benzene rings is 2. The van der Waals surface area contributed by atoms with E-state index >= 15 is 0 Å². The number of imidazole rings is 3. The number of para-hydroxylation sites is 2. The second kappa shape index (κ2) is 19.1. The number of aromatic hydroxyl groups is 1. The number of aromatic amines is 4. The molecule has 270 valence electrons. The normalized spacial score (nSPS) is 9.54. The topological polar surface area (TPSA) is 424 Å². The Labute approximate surface area is 290 Å². The summed E-state index contributed by atoms with van der Waals surface area (Å²) >= 11 is 0. The average Bonchev–Trinajstić information content (AvgIpc) is 3.89. The van der Waals surface area contributed by atoms with Gasteiger partial charge in [-0.1, -0.05) is 46.0 Å². The van der Waals surface area contributed by atoms with Gasteiger partial charge in [-0.25, -0.2) is 44.5 Å². The van der Waals surface area contributed by atoms with Crippen LogP contribution in [-0.4, -0.2) is 93.0 Å². The van der Waals surface area contributed by atoms with Crippen molar-refractivity contribution in [2.24, 2.45) is 0 Å². The van der Waals surface area contributed by atoms with E-state index in [-0.39, 0.29) is 27.8 Å². The van der Waals surface area contributed by atoms with Crippen LogP contribution >= 0.6 is 0 Å². The van der Waals surface area contributed by atoms with E-state index in [4.69, 9.17) is 32.5 Å². The zero-order valence-electron chi connectivity index (χ0n) is 26.5. The highest BCUT2D eigenvalue weighted by Crippen LogP contribution is 2.15. The second-order valence-corrected chi connectivity index (χ2v) is 9.26. The number of H-pyrrole nitrogens is 4.